The Morgan fingerprint density at radius 1 is 1.06 bits per heavy atom. The topological polar surface area (TPSA) is 77.6 Å². The summed E-state index contributed by atoms with van der Waals surface area (Å²) < 4.78 is 14.9. The number of rotatable bonds is 3. The molecule has 0 saturated carbocycles. The maximum atomic E-state index is 14.9. The second kappa shape index (κ2) is 7.66. The zero-order valence-corrected chi connectivity index (χ0v) is 18.4. The fourth-order valence-electron chi connectivity index (χ4n) is 4.93. The molecule has 7 heteroatoms. The molecule has 6 nitrogen and oxygen atoms in total. The number of hydrogen-bond acceptors (Lipinski definition) is 3. The fraction of sp³-hybridized carbons (Fsp3) is 0.148. The number of hydrogen-bond donors (Lipinski definition) is 2. The van der Waals surface area contributed by atoms with Gasteiger partial charge in [-0.1, -0.05) is 48.5 Å². The standard InChI is InChI=1S/C27H21FN4O2/c1-15-13-17-8-6-10-19-23(18-9-3-4-11-20(18)28)30-25(27(34)32(15)24(17)19)31-26(33)22-14-16-7-2-5-12-21(16)29-22/h2-12,14-15,25,29H,13H2,1H3,(H,31,33). The molecule has 2 aliphatic heterocycles. The smallest absolute Gasteiger partial charge is 0.272 e. The summed E-state index contributed by atoms with van der Waals surface area (Å²) >= 11 is 0. The van der Waals surface area contributed by atoms with Crippen molar-refractivity contribution in [2.75, 3.05) is 4.90 Å². The summed E-state index contributed by atoms with van der Waals surface area (Å²) in [6.07, 6.45) is -0.517. The minimum atomic E-state index is -1.20. The van der Waals surface area contributed by atoms with Gasteiger partial charge in [0.05, 0.1) is 11.4 Å². The molecule has 168 valence electrons. The van der Waals surface area contributed by atoms with Crippen LogP contribution in [0.3, 0.4) is 0 Å². The van der Waals surface area contributed by atoms with E-state index in [-0.39, 0.29) is 17.5 Å². The van der Waals surface area contributed by atoms with Crippen LogP contribution in [0.1, 0.15) is 34.1 Å². The van der Waals surface area contributed by atoms with Crippen molar-refractivity contribution < 1.29 is 14.0 Å². The minimum Gasteiger partial charge on any atom is -0.351 e. The predicted octanol–water partition coefficient (Wildman–Crippen LogP) is 4.19. The van der Waals surface area contributed by atoms with Crippen molar-refractivity contribution >= 4 is 34.1 Å². The van der Waals surface area contributed by atoms with Crippen molar-refractivity contribution in [1.29, 1.82) is 0 Å². The van der Waals surface area contributed by atoms with Crippen LogP contribution in [0.4, 0.5) is 10.1 Å². The van der Waals surface area contributed by atoms with Crippen molar-refractivity contribution in [3.05, 3.63) is 101 Å². The third-order valence-electron chi connectivity index (χ3n) is 6.47. The van der Waals surface area contributed by atoms with Gasteiger partial charge >= 0.3 is 0 Å². The normalized spacial score (nSPS) is 19.1. The Morgan fingerprint density at radius 3 is 2.65 bits per heavy atom. The zero-order valence-electron chi connectivity index (χ0n) is 18.4. The quantitative estimate of drug-likeness (QED) is 0.489. The summed E-state index contributed by atoms with van der Waals surface area (Å²) in [6.45, 7) is 1.96. The van der Waals surface area contributed by atoms with Crippen LogP contribution in [-0.4, -0.2) is 34.7 Å². The van der Waals surface area contributed by atoms with Crippen molar-refractivity contribution in [2.24, 2.45) is 4.99 Å². The molecule has 0 fully saturated rings. The van der Waals surface area contributed by atoms with Gasteiger partial charge in [-0.3, -0.25) is 9.59 Å². The molecule has 0 spiro atoms. The number of aliphatic imine (C=N–C) groups is 1. The molecule has 2 unspecified atom stereocenters. The molecule has 3 aromatic carbocycles. The summed E-state index contributed by atoms with van der Waals surface area (Å²) in [5.41, 5.74) is 4.21. The van der Waals surface area contributed by atoms with Gasteiger partial charge in [0.15, 0.2) is 0 Å². The second-order valence-electron chi connectivity index (χ2n) is 8.68. The first-order chi connectivity index (χ1) is 16.5. The summed E-state index contributed by atoms with van der Waals surface area (Å²) in [4.78, 5) is 36.3. The van der Waals surface area contributed by atoms with E-state index >= 15 is 0 Å². The van der Waals surface area contributed by atoms with Gasteiger partial charge in [-0.25, -0.2) is 9.38 Å². The number of para-hydroxylation sites is 2. The summed E-state index contributed by atoms with van der Waals surface area (Å²) in [5, 5.41) is 3.67. The van der Waals surface area contributed by atoms with Crippen LogP contribution in [0.15, 0.2) is 77.8 Å². The number of H-pyrrole nitrogens is 1. The Bertz CT molecular complexity index is 1470. The molecule has 6 rings (SSSR count). The average molecular weight is 452 g/mol. The summed E-state index contributed by atoms with van der Waals surface area (Å²) in [6, 6.07) is 21.3. The van der Waals surface area contributed by atoms with Crippen molar-refractivity contribution in [3.8, 4) is 0 Å². The molecule has 4 aromatic rings. The lowest BCUT2D eigenvalue weighted by molar-refractivity contribution is -0.120. The average Bonchev–Trinajstić information content (AvgIpc) is 3.39. The Balaban J connectivity index is 1.47. The molecule has 1 aromatic heterocycles. The SMILES string of the molecule is CC1Cc2cccc3c2N1C(=O)C(NC(=O)c1cc2ccccc2[nH]1)N=C3c1ccccc1F. The highest BCUT2D eigenvalue weighted by Crippen LogP contribution is 2.39. The number of nitrogens with zero attached hydrogens (tertiary/aromatic N) is 2. The van der Waals surface area contributed by atoms with Gasteiger partial charge in [0.1, 0.15) is 11.5 Å². The fourth-order valence-corrected chi connectivity index (χ4v) is 4.93. The number of benzene rings is 3. The number of aromatic nitrogens is 1. The van der Waals surface area contributed by atoms with E-state index < -0.39 is 17.9 Å². The lowest BCUT2D eigenvalue weighted by atomic mass is 9.97. The first kappa shape index (κ1) is 20.4. The first-order valence-corrected chi connectivity index (χ1v) is 11.2. The number of aromatic amines is 1. The number of nitrogens with one attached hydrogen (secondary N) is 2. The largest absolute Gasteiger partial charge is 0.351 e. The number of halogens is 1. The molecule has 2 aliphatic rings. The van der Waals surface area contributed by atoms with Gasteiger partial charge in [-0.05, 0) is 43.2 Å². The lowest BCUT2D eigenvalue weighted by Crippen LogP contribution is -2.49. The van der Waals surface area contributed by atoms with Gasteiger partial charge in [-0.15, -0.1) is 0 Å². The van der Waals surface area contributed by atoms with Crippen LogP contribution in [0.5, 0.6) is 0 Å². The van der Waals surface area contributed by atoms with E-state index in [1.165, 1.54) is 6.07 Å². The molecule has 0 aliphatic carbocycles. The number of fused-ring (bicyclic) bond motifs is 1. The monoisotopic (exact) mass is 452 g/mol. The Morgan fingerprint density at radius 2 is 1.82 bits per heavy atom. The molecule has 0 radical (unpaired) electrons. The van der Waals surface area contributed by atoms with E-state index in [9.17, 15) is 14.0 Å². The molecular formula is C27H21FN4O2. The van der Waals surface area contributed by atoms with Gasteiger partial charge in [0.2, 0.25) is 6.17 Å². The van der Waals surface area contributed by atoms with Crippen LogP contribution < -0.4 is 10.2 Å². The predicted molar refractivity (Wildman–Crippen MR) is 129 cm³/mol. The summed E-state index contributed by atoms with van der Waals surface area (Å²) in [5.74, 6) is -1.23. The number of anilines is 1. The highest BCUT2D eigenvalue weighted by Gasteiger charge is 2.40. The molecule has 2 N–H and O–H groups in total. The first-order valence-electron chi connectivity index (χ1n) is 11.2. The second-order valence-corrected chi connectivity index (χ2v) is 8.68. The van der Waals surface area contributed by atoms with Crippen LogP contribution in [0.25, 0.3) is 10.9 Å². The Hall–Kier alpha value is -4.26. The Kier molecular flexibility index (Phi) is 4.58. The molecular weight excluding hydrogens is 431 g/mol. The van der Waals surface area contributed by atoms with Crippen molar-refractivity contribution in [2.45, 2.75) is 25.6 Å². The Labute approximate surface area is 195 Å². The zero-order chi connectivity index (χ0) is 23.4. The van der Waals surface area contributed by atoms with Gasteiger partial charge in [-0.2, -0.15) is 0 Å². The van der Waals surface area contributed by atoms with Gasteiger partial charge < -0.3 is 15.2 Å². The third-order valence-corrected chi connectivity index (χ3v) is 6.47. The number of amides is 2. The van der Waals surface area contributed by atoms with E-state index in [2.05, 4.69) is 15.3 Å². The van der Waals surface area contributed by atoms with E-state index in [4.69, 9.17) is 0 Å². The summed E-state index contributed by atoms with van der Waals surface area (Å²) in [7, 11) is 0. The highest BCUT2D eigenvalue weighted by atomic mass is 19.1. The van der Waals surface area contributed by atoms with E-state index in [1.807, 2.05) is 49.4 Å². The van der Waals surface area contributed by atoms with Crippen LogP contribution in [-0.2, 0) is 11.2 Å². The van der Waals surface area contributed by atoms with E-state index in [0.717, 1.165) is 22.2 Å². The van der Waals surface area contributed by atoms with Gasteiger partial charge in [0, 0.05) is 28.1 Å². The molecule has 34 heavy (non-hydrogen) atoms. The molecule has 3 heterocycles. The minimum absolute atomic E-state index is 0.105. The highest BCUT2D eigenvalue weighted by molar-refractivity contribution is 6.21. The molecule has 0 bridgehead atoms. The van der Waals surface area contributed by atoms with Crippen molar-refractivity contribution in [3.63, 3.8) is 0 Å². The maximum absolute atomic E-state index is 14.9. The number of carbonyl (C=O) groups excluding carboxylic acids is 2. The third kappa shape index (κ3) is 3.12. The van der Waals surface area contributed by atoms with Crippen LogP contribution in [0, 0.1) is 5.82 Å². The number of carbonyl (C=O) groups is 2. The maximum Gasteiger partial charge on any atom is 0.272 e. The molecule has 2 amide bonds. The molecule has 0 saturated heterocycles. The van der Waals surface area contributed by atoms with E-state index in [1.54, 1.807) is 29.2 Å². The van der Waals surface area contributed by atoms with E-state index in [0.29, 0.717) is 23.4 Å². The molecule has 2 atom stereocenters. The van der Waals surface area contributed by atoms with Gasteiger partial charge in [0.25, 0.3) is 11.8 Å². The lowest BCUT2D eigenvalue weighted by Gasteiger charge is -2.25. The van der Waals surface area contributed by atoms with Crippen molar-refractivity contribution in [1.82, 2.24) is 10.3 Å². The van der Waals surface area contributed by atoms with Crippen LogP contribution >= 0.6 is 0 Å². The van der Waals surface area contributed by atoms with Crippen LogP contribution in [0.2, 0.25) is 0 Å².